The summed E-state index contributed by atoms with van der Waals surface area (Å²) in [6.45, 7) is 2.91. The van der Waals surface area contributed by atoms with E-state index in [0.29, 0.717) is 11.3 Å². The molecular formula is C28H42ClN6O13P. The second-order valence-electron chi connectivity index (χ2n) is 12.5. The van der Waals surface area contributed by atoms with Crippen LogP contribution in [0.5, 0.6) is 0 Å². The number of carbonyl (C=O) groups is 3. The van der Waals surface area contributed by atoms with Gasteiger partial charge in [-0.05, 0) is 52.1 Å². The predicted octanol–water partition coefficient (Wildman–Crippen LogP) is 1.95. The highest BCUT2D eigenvalue weighted by Crippen LogP contribution is 2.52. The number of nitrogens with zero attached hydrogens (tertiary/aromatic N) is 5. The van der Waals surface area contributed by atoms with E-state index in [1.807, 2.05) is 0 Å². The van der Waals surface area contributed by atoms with Gasteiger partial charge in [-0.25, -0.2) is 14.6 Å². The van der Waals surface area contributed by atoms with Gasteiger partial charge in [-0.3, -0.25) is 13.9 Å². The lowest BCUT2D eigenvalue weighted by atomic mass is 10.1. The van der Waals surface area contributed by atoms with Gasteiger partial charge in [0, 0.05) is 19.6 Å². The molecule has 1 amide bonds. The number of fused-ring (bicyclic) bond motifs is 1. The number of anilines is 1. The highest BCUT2D eigenvalue weighted by molar-refractivity contribution is 7.55. The molecule has 2 aliphatic rings. The molecule has 0 aromatic carbocycles. The normalized spacial score (nSPS) is 21.7. The maximum Gasteiger partial charge on any atom is 0.508 e. The van der Waals surface area contributed by atoms with Crippen LogP contribution in [-0.2, 0) is 33.0 Å². The van der Waals surface area contributed by atoms with E-state index in [4.69, 9.17) is 35.3 Å². The molecule has 1 aliphatic heterocycles. The number of aliphatic hydroxyl groups is 2. The first-order valence-electron chi connectivity index (χ1n) is 15.6. The summed E-state index contributed by atoms with van der Waals surface area (Å²) in [6.07, 6.45) is -4.48. The number of nitrogens with one attached hydrogen (secondary N) is 1. The molecule has 2 aromatic rings. The van der Waals surface area contributed by atoms with Crippen LogP contribution in [0.4, 0.5) is 15.4 Å². The minimum absolute atomic E-state index is 0.0996. The van der Waals surface area contributed by atoms with Gasteiger partial charge in [0.05, 0.1) is 18.5 Å². The van der Waals surface area contributed by atoms with Crippen LogP contribution < -0.4 is 5.32 Å². The van der Waals surface area contributed by atoms with Crippen molar-refractivity contribution in [1.29, 1.82) is 0 Å². The fourth-order valence-electron chi connectivity index (χ4n) is 5.53. The quantitative estimate of drug-likeness (QED) is 0.112. The number of ether oxygens (including phenoxy) is 5. The smallest absolute Gasteiger partial charge is 0.432 e. The van der Waals surface area contributed by atoms with Crippen molar-refractivity contribution in [1.82, 2.24) is 24.4 Å². The third-order valence-corrected chi connectivity index (χ3v) is 9.71. The Morgan fingerprint density at radius 3 is 2.16 bits per heavy atom. The molecule has 4 rings (SSSR count). The second kappa shape index (κ2) is 15.7. The lowest BCUT2D eigenvalue weighted by molar-refractivity contribution is -0.139. The molecule has 1 saturated heterocycles. The number of aliphatic hydroxyl groups excluding tert-OH is 2. The van der Waals surface area contributed by atoms with E-state index in [0.717, 1.165) is 37.6 Å². The van der Waals surface area contributed by atoms with Crippen LogP contribution >= 0.6 is 19.2 Å². The van der Waals surface area contributed by atoms with Crippen molar-refractivity contribution in [2.24, 2.45) is 0 Å². The molecule has 3 heterocycles. The number of hydrogen-bond donors (Lipinski definition) is 5. The van der Waals surface area contributed by atoms with Crippen LogP contribution in [0.15, 0.2) is 6.33 Å². The van der Waals surface area contributed by atoms with Crippen molar-refractivity contribution in [2.75, 3.05) is 32.1 Å². The number of rotatable bonds is 13. The zero-order chi connectivity index (χ0) is 36.3. The maximum atomic E-state index is 13.9. The van der Waals surface area contributed by atoms with Gasteiger partial charge in [0.1, 0.15) is 31.5 Å². The molecule has 0 unspecified atom stereocenters. The molecular weight excluding hydrogens is 695 g/mol. The highest BCUT2D eigenvalue weighted by Gasteiger charge is 2.58. The molecule has 49 heavy (non-hydrogen) atoms. The Labute approximate surface area is 286 Å². The monoisotopic (exact) mass is 736 g/mol. The number of halogens is 1. The molecule has 19 nitrogen and oxygen atoms in total. The van der Waals surface area contributed by atoms with Gasteiger partial charge in [0.2, 0.25) is 16.3 Å². The van der Waals surface area contributed by atoms with Gasteiger partial charge < -0.3 is 53.9 Å². The van der Waals surface area contributed by atoms with Gasteiger partial charge in [-0.2, -0.15) is 9.97 Å². The summed E-state index contributed by atoms with van der Waals surface area (Å²) in [5.74, 6) is -0.956. The van der Waals surface area contributed by atoms with Crippen molar-refractivity contribution in [2.45, 2.75) is 101 Å². The fourth-order valence-corrected chi connectivity index (χ4v) is 6.58. The number of likely N-dealkylation sites (N-methyl/N-ethyl adjacent to an activating group) is 1. The average Bonchev–Trinajstić information content (AvgIpc) is 3.72. The van der Waals surface area contributed by atoms with E-state index < -0.39 is 87.5 Å². The van der Waals surface area contributed by atoms with E-state index in [-0.39, 0.29) is 17.0 Å². The van der Waals surface area contributed by atoms with Gasteiger partial charge in [-0.1, -0.05) is 12.8 Å². The SMILES string of the molecule is CC(C)OC(=O)OCC(COC(=O)OC(C)C)(C(=O)N(C)C[C@H]1O[C@@H](n2cnc3c(NC4CCCC4)nc(Cl)nc32)[C@H](O)[C@@H]1O)P(=O)(O)O. The predicted molar refractivity (Wildman–Crippen MR) is 170 cm³/mol. The standard InChI is InChI=1S/C28H42ClN6O13P/c1-14(2)46-26(39)44-11-28(49(41,42)43,12-45-27(40)47-15(3)4)24(38)34(5)10-17-19(36)20(37)23(48-17)35-13-30-18-21(31-16-8-6-7-9-16)32-25(29)33-22(18)35/h13-17,19-20,23,36-37H,6-12H2,1-5H3,(H,31,32,33)(H2,41,42,43)/t17-,19-,20-,23-/m1/s1. The third-order valence-electron chi connectivity index (χ3n) is 7.98. The first-order valence-corrected chi connectivity index (χ1v) is 17.6. The minimum Gasteiger partial charge on any atom is -0.432 e. The Kier molecular flexibility index (Phi) is 12.3. The van der Waals surface area contributed by atoms with E-state index >= 15 is 0 Å². The second-order valence-corrected chi connectivity index (χ2v) is 14.8. The molecule has 21 heteroatoms. The summed E-state index contributed by atoms with van der Waals surface area (Å²) in [7, 11) is -4.50. The minimum atomic E-state index is -5.62. The van der Waals surface area contributed by atoms with Gasteiger partial charge in [-0.15, -0.1) is 0 Å². The molecule has 2 fully saturated rings. The summed E-state index contributed by atoms with van der Waals surface area (Å²) in [5.41, 5.74) is 0.536. The van der Waals surface area contributed by atoms with E-state index in [9.17, 15) is 38.9 Å². The Morgan fingerprint density at radius 2 is 1.63 bits per heavy atom. The van der Waals surface area contributed by atoms with Crippen LogP contribution in [0.25, 0.3) is 11.2 Å². The Bertz CT molecular complexity index is 1520. The molecule has 1 aliphatic carbocycles. The molecule has 1 saturated carbocycles. The molecule has 2 aromatic heterocycles. The Hall–Kier alpha value is -3.32. The summed E-state index contributed by atoms with van der Waals surface area (Å²) in [4.78, 5) is 72.7. The number of amides is 1. The summed E-state index contributed by atoms with van der Waals surface area (Å²) in [5, 5.41) is 22.2. The lowest BCUT2D eigenvalue weighted by Crippen LogP contribution is -2.56. The number of imidazole rings is 1. The average molecular weight is 737 g/mol. The highest BCUT2D eigenvalue weighted by atomic mass is 35.5. The number of aromatic nitrogens is 4. The van der Waals surface area contributed by atoms with Crippen molar-refractivity contribution in [3.63, 3.8) is 0 Å². The first kappa shape index (κ1) is 38.5. The van der Waals surface area contributed by atoms with Crippen LogP contribution in [0, 0.1) is 0 Å². The molecule has 4 atom stereocenters. The van der Waals surface area contributed by atoms with Crippen LogP contribution in [-0.4, -0.2) is 131 Å². The molecule has 5 N–H and O–H groups in total. The zero-order valence-corrected chi connectivity index (χ0v) is 29.2. The summed E-state index contributed by atoms with van der Waals surface area (Å²) >= 11 is 6.22. The molecule has 274 valence electrons. The largest absolute Gasteiger partial charge is 0.508 e. The molecule has 0 radical (unpaired) electrons. The Morgan fingerprint density at radius 1 is 1.06 bits per heavy atom. The van der Waals surface area contributed by atoms with E-state index in [2.05, 4.69) is 20.3 Å². The number of carbonyl (C=O) groups excluding carboxylic acids is 3. The Balaban J connectivity index is 1.57. The third kappa shape index (κ3) is 8.89. The van der Waals surface area contributed by atoms with Crippen molar-refractivity contribution >= 4 is 54.4 Å². The first-order chi connectivity index (χ1) is 22.9. The van der Waals surface area contributed by atoms with Crippen LogP contribution in [0.1, 0.15) is 59.6 Å². The van der Waals surface area contributed by atoms with E-state index in [1.165, 1.54) is 38.6 Å². The number of hydrogen-bond acceptors (Lipinski definition) is 15. The summed E-state index contributed by atoms with van der Waals surface area (Å²) < 4.78 is 39.8. The molecule has 0 spiro atoms. The van der Waals surface area contributed by atoms with Crippen molar-refractivity contribution in [3.8, 4) is 0 Å². The fraction of sp³-hybridized carbons (Fsp3) is 0.714. The molecule has 0 bridgehead atoms. The zero-order valence-electron chi connectivity index (χ0n) is 27.6. The summed E-state index contributed by atoms with van der Waals surface area (Å²) in [6, 6.07) is 0.171. The van der Waals surface area contributed by atoms with Crippen molar-refractivity contribution in [3.05, 3.63) is 11.6 Å². The van der Waals surface area contributed by atoms with Crippen LogP contribution in [0.2, 0.25) is 5.28 Å². The van der Waals surface area contributed by atoms with Gasteiger partial charge >= 0.3 is 19.9 Å². The topological polar surface area (TPSA) is 254 Å². The van der Waals surface area contributed by atoms with E-state index in [1.54, 1.807) is 0 Å². The maximum absolute atomic E-state index is 13.9. The lowest BCUT2D eigenvalue weighted by Gasteiger charge is -2.35. The van der Waals surface area contributed by atoms with Crippen molar-refractivity contribution < 1.29 is 62.6 Å². The van der Waals surface area contributed by atoms with Gasteiger partial charge in [0.15, 0.2) is 23.2 Å². The van der Waals surface area contributed by atoms with Crippen LogP contribution in [0.3, 0.4) is 0 Å². The van der Waals surface area contributed by atoms with Gasteiger partial charge in [0.25, 0.3) is 0 Å².